The number of aryl methyl sites for hydroxylation is 1. The summed E-state index contributed by atoms with van der Waals surface area (Å²) in [6, 6.07) is 5.97. The van der Waals surface area contributed by atoms with Crippen molar-refractivity contribution in [2.75, 3.05) is 0 Å². The Kier molecular flexibility index (Phi) is 1.89. The summed E-state index contributed by atoms with van der Waals surface area (Å²) in [6.07, 6.45) is 2.97. The summed E-state index contributed by atoms with van der Waals surface area (Å²) in [5.74, 6) is 0. The number of carbonyl (C=O) groups excluding carboxylic acids is 1. The third kappa shape index (κ3) is 1.35. The van der Waals surface area contributed by atoms with Crippen LogP contribution in [0.1, 0.15) is 11.1 Å². The smallest absolute Gasteiger partial charge is 0.134 e. The zero-order valence-corrected chi connectivity index (χ0v) is 7.41. The van der Waals surface area contributed by atoms with Gasteiger partial charge in [-0.25, -0.2) is 0 Å². The summed E-state index contributed by atoms with van der Waals surface area (Å²) < 4.78 is 5.30. The van der Waals surface area contributed by atoms with E-state index in [9.17, 15) is 4.79 Å². The van der Waals surface area contributed by atoms with Crippen LogP contribution in [0.5, 0.6) is 0 Å². The molecule has 1 aromatic carbocycles. The monoisotopic (exact) mass is 174 g/mol. The lowest BCUT2D eigenvalue weighted by molar-refractivity contribution is -0.107. The van der Waals surface area contributed by atoms with Gasteiger partial charge in [0.25, 0.3) is 0 Å². The molecule has 0 N–H and O–H groups in total. The van der Waals surface area contributed by atoms with E-state index in [2.05, 4.69) is 0 Å². The molecule has 2 aromatic rings. The van der Waals surface area contributed by atoms with Crippen molar-refractivity contribution < 1.29 is 9.21 Å². The van der Waals surface area contributed by atoms with Crippen molar-refractivity contribution >= 4 is 17.3 Å². The van der Waals surface area contributed by atoms with Gasteiger partial charge in [-0.1, -0.05) is 11.6 Å². The Bertz CT molecular complexity index is 440. The fourth-order valence-electron chi connectivity index (χ4n) is 1.44. The van der Waals surface area contributed by atoms with Crippen molar-refractivity contribution in [2.24, 2.45) is 0 Å². The third-order valence-electron chi connectivity index (χ3n) is 2.11. The lowest BCUT2D eigenvalue weighted by Crippen LogP contribution is -1.82. The summed E-state index contributed by atoms with van der Waals surface area (Å²) in [5, 5.41) is 1.05. The number of hydrogen-bond acceptors (Lipinski definition) is 2. The van der Waals surface area contributed by atoms with Crippen molar-refractivity contribution in [3.8, 4) is 0 Å². The summed E-state index contributed by atoms with van der Waals surface area (Å²) in [6.45, 7) is 2.02. The van der Waals surface area contributed by atoms with E-state index in [1.807, 2.05) is 25.1 Å². The molecule has 0 fully saturated rings. The molecule has 2 heteroatoms. The van der Waals surface area contributed by atoms with Gasteiger partial charge < -0.3 is 9.21 Å². The Morgan fingerprint density at radius 2 is 2.31 bits per heavy atom. The Labute approximate surface area is 76.2 Å². The molecular weight excluding hydrogens is 164 g/mol. The van der Waals surface area contributed by atoms with E-state index in [1.165, 1.54) is 5.56 Å². The van der Waals surface area contributed by atoms with E-state index in [-0.39, 0.29) is 0 Å². The predicted molar refractivity (Wildman–Crippen MR) is 50.7 cm³/mol. The lowest BCUT2D eigenvalue weighted by Gasteiger charge is -1.93. The van der Waals surface area contributed by atoms with E-state index in [1.54, 1.807) is 6.26 Å². The molecule has 0 saturated heterocycles. The summed E-state index contributed by atoms with van der Waals surface area (Å²) in [7, 11) is 0. The van der Waals surface area contributed by atoms with Crippen molar-refractivity contribution in [3.05, 3.63) is 35.6 Å². The molecule has 0 bridgehead atoms. The molecule has 66 valence electrons. The van der Waals surface area contributed by atoms with E-state index >= 15 is 0 Å². The van der Waals surface area contributed by atoms with Crippen molar-refractivity contribution in [2.45, 2.75) is 13.3 Å². The fourth-order valence-corrected chi connectivity index (χ4v) is 1.44. The van der Waals surface area contributed by atoms with Gasteiger partial charge in [0.1, 0.15) is 11.9 Å². The first-order valence-electron chi connectivity index (χ1n) is 4.21. The van der Waals surface area contributed by atoms with Gasteiger partial charge in [0.15, 0.2) is 0 Å². The predicted octanol–water partition coefficient (Wildman–Crippen LogP) is 2.48. The van der Waals surface area contributed by atoms with Crippen LogP contribution in [0, 0.1) is 6.92 Å². The Morgan fingerprint density at radius 1 is 1.46 bits per heavy atom. The normalized spacial score (nSPS) is 10.5. The van der Waals surface area contributed by atoms with Gasteiger partial charge in [0.05, 0.1) is 6.26 Å². The Balaban J connectivity index is 2.64. The minimum atomic E-state index is 0.427. The highest BCUT2D eigenvalue weighted by atomic mass is 16.3. The summed E-state index contributed by atoms with van der Waals surface area (Å²) in [4.78, 5) is 10.4. The largest absolute Gasteiger partial charge is 0.464 e. The molecule has 2 nitrogen and oxygen atoms in total. The topological polar surface area (TPSA) is 30.2 Å². The number of hydrogen-bond donors (Lipinski definition) is 0. The number of aldehydes is 1. The molecule has 0 aliphatic carbocycles. The second kappa shape index (κ2) is 3.05. The van der Waals surface area contributed by atoms with E-state index in [0.717, 1.165) is 22.8 Å². The number of benzene rings is 1. The van der Waals surface area contributed by atoms with Gasteiger partial charge in [0, 0.05) is 17.4 Å². The van der Waals surface area contributed by atoms with Crippen LogP contribution in [-0.2, 0) is 11.2 Å². The van der Waals surface area contributed by atoms with Gasteiger partial charge >= 0.3 is 0 Å². The van der Waals surface area contributed by atoms with Crippen molar-refractivity contribution in [1.82, 2.24) is 0 Å². The zero-order chi connectivity index (χ0) is 9.26. The lowest BCUT2D eigenvalue weighted by atomic mass is 10.1. The maximum Gasteiger partial charge on any atom is 0.134 e. The van der Waals surface area contributed by atoms with Crippen LogP contribution < -0.4 is 0 Å². The van der Waals surface area contributed by atoms with Crippen LogP contribution in [0.4, 0.5) is 0 Å². The molecule has 0 saturated carbocycles. The highest BCUT2D eigenvalue weighted by Crippen LogP contribution is 2.22. The zero-order valence-electron chi connectivity index (χ0n) is 7.41. The highest BCUT2D eigenvalue weighted by molar-refractivity contribution is 5.83. The van der Waals surface area contributed by atoms with Crippen LogP contribution in [0.15, 0.2) is 28.9 Å². The molecule has 0 aliphatic heterocycles. The minimum Gasteiger partial charge on any atom is -0.464 e. The SMILES string of the molecule is Cc1ccc2occ(CC=O)c2c1. The average Bonchev–Trinajstić information content (AvgIpc) is 2.49. The van der Waals surface area contributed by atoms with Gasteiger partial charge in [0.2, 0.25) is 0 Å². The molecule has 0 amide bonds. The fraction of sp³-hybridized carbons (Fsp3) is 0.182. The number of fused-ring (bicyclic) bond motifs is 1. The Hall–Kier alpha value is -1.57. The quantitative estimate of drug-likeness (QED) is 0.655. The van der Waals surface area contributed by atoms with Gasteiger partial charge in [-0.15, -0.1) is 0 Å². The van der Waals surface area contributed by atoms with Crippen LogP contribution in [0.3, 0.4) is 0 Å². The second-order valence-corrected chi connectivity index (χ2v) is 3.13. The van der Waals surface area contributed by atoms with Crippen LogP contribution in [-0.4, -0.2) is 6.29 Å². The van der Waals surface area contributed by atoms with Crippen LogP contribution in [0.2, 0.25) is 0 Å². The molecule has 1 aromatic heterocycles. The van der Waals surface area contributed by atoms with Crippen LogP contribution >= 0.6 is 0 Å². The van der Waals surface area contributed by atoms with Gasteiger partial charge in [-0.2, -0.15) is 0 Å². The molecule has 0 atom stereocenters. The first-order chi connectivity index (χ1) is 6.31. The van der Waals surface area contributed by atoms with Crippen molar-refractivity contribution in [1.29, 1.82) is 0 Å². The number of carbonyl (C=O) groups is 1. The van der Waals surface area contributed by atoms with Crippen molar-refractivity contribution in [3.63, 3.8) is 0 Å². The summed E-state index contributed by atoms with van der Waals surface area (Å²) >= 11 is 0. The number of rotatable bonds is 2. The molecule has 0 radical (unpaired) electrons. The van der Waals surface area contributed by atoms with Gasteiger partial charge in [-0.3, -0.25) is 0 Å². The van der Waals surface area contributed by atoms with Crippen LogP contribution in [0.25, 0.3) is 11.0 Å². The molecule has 0 unspecified atom stereocenters. The standard InChI is InChI=1S/C11H10O2/c1-8-2-3-11-10(6-8)9(4-5-12)7-13-11/h2-3,5-7H,4H2,1H3. The average molecular weight is 174 g/mol. The maximum atomic E-state index is 10.4. The maximum absolute atomic E-state index is 10.4. The first-order valence-corrected chi connectivity index (χ1v) is 4.21. The highest BCUT2D eigenvalue weighted by Gasteiger charge is 2.04. The summed E-state index contributed by atoms with van der Waals surface area (Å²) in [5.41, 5.74) is 3.00. The van der Waals surface area contributed by atoms with E-state index in [0.29, 0.717) is 6.42 Å². The minimum absolute atomic E-state index is 0.427. The molecule has 2 rings (SSSR count). The van der Waals surface area contributed by atoms with E-state index < -0.39 is 0 Å². The third-order valence-corrected chi connectivity index (χ3v) is 2.11. The molecule has 1 heterocycles. The molecule has 0 aliphatic rings. The molecular formula is C11H10O2. The first kappa shape index (κ1) is 8.05. The second-order valence-electron chi connectivity index (χ2n) is 3.13. The van der Waals surface area contributed by atoms with Gasteiger partial charge in [-0.05, 0) is 19.1 Å². The van der Waals surface area contributed by atoms with E-state index in [4.69, 9.17) is 4.42 Å². The Morgan fingerprint density at radius 3 is 3.08 bits per heavy atom. The number of furan rings is 1. The molecule has 13 heavy (non-hydrogen) atoms. The molecule has 0 spiro atoms.